The van der Waals surface area contributed by atoms with Gasteiger partial charge in [0.05, 0.1) is 5.56 Å². The number of ether oxygens (including phenoxy) is 1. The summed E-state index contributed by atoms with van der Waals surface area (Å²) in [4.78, 5) is 24.4. The van der Waals surface area contributed by atoms with Crippen LogP contribution < -0.4 is 5.14 Å². The van der Waals surface area contributed by atoms with Crippen molar-refractivity contribution < 1.29 is 22.7 Å². The molecule has 1 aromatic carbocycles. The Morgan fingerprint density at radius 1 is 1.12 bits per heavy atom. The number of benzene rings is 1. The van der Waals surface area contributed by atoms with Crippen LogP contribution >= 0.6 is 11.3 Å². The van der Waals surface area contributed by atoms with E-state index in [-0.39, 0.29) is 15.6 Å². The summed E-state index contributed by atoms with van der Waals surface area (Å²) in [6.07, 6.45) is -0.988. The zero-order chi connectivity index (χ0) is 18.1. The van der Waals surface area contributed by atoms with E-state index in [1.165, 1.54) is 12.3 Å². The fourth-order valence-corrected chi connectivity index (χ4v) is 3.56. The summed E-state index contributed by atoms with van der Waals surface area (Å²) in [6, 6.07) is 6.38. The van der Waals surface area contributed by atoms with Crippen molar-refractivity contribution in [3.8, 4) is 0 Å². The van der Waals surface area contributed by atoms with Gasteiger partial charge in [0, 0.05) is 10.9 Å². The number of ketones is 1. The molecule has 1 heterocycles. The number of esters is 1. The van der Waals surface area contributed by atoms with E-state index in [1.54, 1.807) is 12.1 Å². The lowest BCUT2D eigenvalue weighted by Gasteiger charge is -2.12. The third kappa shape index (κ3) is 4.08. The number of thiophene rings is 1. The van der Waals surface area contributed by atoms with Crippen molar-refractivity contribution in [3.63, 3.8) is 0 Å². The summed E-state index contributed by atoms with van der Waals surface area (Å²) in [5, 5.41) is 6.33. The van der Waals surface area contributed by atoms with Gasteiger partial charge in [0.15, 0.2) is 6.10 Å². The van der Waals surface area contributed by atoms with E-state index in [9.17, 15) is 18.0 Å². The summed E-state index contributed by atoms with van der Waals surface area (Å²) < 4.78 is 27.4. The molecule has 0 saturated heterocycles. The van der Waals surface area contributed by atoms with Crippen LogP contribution in [0.1, 0.15) is 38.8 Å². The van der Waals surface area contributed by atoms with E-state index < -0.39 is 22.1 Å². The minimum Gasteiger partial charge on any atom is -0.451 e. The maximum absolute atomic E-state index is 12.3. The first-order chi connectivity index (χ1) is 11.1. The summed E-state index contributed by atoms with van der Waals surface area (Å²) in [7, 11) is -3.87. The Morgan fingerprint density at radius 3 is 2.33 bits per heavy atom. The highest BCUT2D eigenvalue weighted by molar-refractivity contribution is 7.91. The molecule has 24 heavy (non-hydrogen) atoms. The summed E-state index contributed by atoms with van der Waals surface area (Å²) in [5.41, 5.74) is 2.53. The SMILES string of the molecule is Cc1ccc(C(=O)C(C)OC(=O)c2csc(S(N)(=O)=O)c2)cc1C. The first-order valence-electron chi connectivity index (χ1n) is 7.03. The van der Waals surface area contributed by atoms with Crippen LogP contribution in [0.2, 0.25) is 0 Å². The molecular weight excluding hydrogens is 350 g/mol. The van der Waals surface area contributed by atoms with Gasteiger partial charge in [-0.3, -0.25) is 4.79 Å². The number of Topliss-reactive ketones (excluding diaryl/α,β-unsaturated/α-hetero) is 1. The lowest BCUT2D eigenvalue weighted by atomic mass is 10.0. The lowest BCUT2D eigenvalue weighted by molar-refractivity contribution is 0.0319. The minimum atomic E-state index is -3.87. The highest BCUT2D eigenvalue weighted by Gasteiger charge is 2.22. The van der Waals surface area contributed by atoms with Gasteiger partial charge in [-0.2, -0.15) is 0 Å². The smallest absolute Gasteiger partial charge is 0.339 e. The molecule has 1 unspecified atom stereocenters. The molecule has 1 atom stereocenters. The van der Waals surface area contributed by atoms with Crippen LogP contribution in [-0.4, -0.2) is 26.3 Å². The third-order valence-electron chi connectivity index (χ3n) is 3.54. The fourth-order valence-electron chi connectivity index (χ4n) is 1.98. The number of primary sulfonamides is 1. The van der Waals surface area contributed by atoms with E-state index in [4.69, 9.17) is 9.88 Å². The van der Waals surface area contributed by atoms with Crippen molar-refractivity contribution in [1.29, 1.82) is 0 Å². The Hall–Kier alpha value is -2.03. The topological polar surface area (TPSA) is 104 Å². The van der Waals surface area contributed by atoms with Crippen molar-refractivity contribution in [1.82, 2.24) is 0 Å². The maximum Gasteiger partial charge on any atom is 0.339 e. The minimum absolute atomic E-state index is 0.0451. The normalized spacial score (nSPS) is 12.7. The second kappa shape index (κ2) is 6.84. The average molecular weight is 367 g/mol. The molecule has 1 aromatic heterocycles. The largest absolute Gasteiger partial charge is 0.451 e. The fraction of sp³-hybridized carbons (Fsp3) is 0.250. The van der Waals surface area contributed by atoms with Crippen LogP contribution in [0.5, 0.6) is 0 Å². The van der Waals surface area contributed by atoms with Gasteiger partial charge in [-0.1, -0.05) is 12.1 Å². The first kappa shape index (κ1) is 18.3. The van der Waals surface area contributed by atoms with E-state index in [0.29, 0.717) is 5.56 Å². The van der Waals surface area contributed by atoms with Crippen LogP contribution in [0.4, 0.5) is 0 Å². The Bertz CT molecular complexity index is 899. The summed E-state index contributed by atoms with van der Waals surface area (Å²) in [5.74, 6) is -1.10. The Labute approximate surface area is 144 Å². The predicted molar refractivity (Wildman–Crippen MR) is 90.8 cm³/mol. The zero-order valence-corrected chi connectivity index (χ0v) is 15.0. The quantitative estimate of drug-likeness (QED) is 0.646. The third-order valence-corrected chi connectivity index (χ3v) is 5.92. The van der Waals surface area contributed by atoms with Gasteiger partial charge in [-0.15, -0.1) is 11.3 Å². The van der Waals surface area contributed by atoms with Gasteiger partial charge in [-0.25, -0.2) is 18.4 Å². The monoisotopic (exact) mass is 367 g/mol. The highest BCUT2D eigenvalue weighted by Crippen LogP contribution is 2.20. The van der Waals surface area contributed by atoms with Gasteiger partial charge in [0.1, 0.15) is 4.21 Å². The van der Waals surface area contributed by atoms with E-state index >= 15 is 0 Å². The molecule has 2 aromatic rings. The highest BCUT2D eigenvalue weighted by atomic mass is 32.2. The molecule has 0 radical (unpaired) electrons. The zero-order valence-electron chi connectivity index (χ0n) is 13.4. The first-order valence-corrected chi connectivity index (χ1v) is 9.46. The number of nitrogens with two attached hydrogens (primary N) is 1. The molecule has 2 rings (SSSR count). The molecule has 6 nitrogen and oxygen atoms in total. The average Bonchev–Trinajstić information content (AvgIpc) is 2.99. The molecule has 0 aliphatic carbocycles. The lowest BCUT2D eigenvalue weighted by Crippen LogP contribution is -2.24. The Morgan fingerprint density at radius 2 is 1.79 bits per heavy atom. The van der Waals surface area contributed by atoms with Crippen molar-refractivity contribution >= 4 is 33.1 Å². The number of hydrogen-bond donors (Lipinski definition) is 1. The van der Waals surface area contributed by atoms with Crippen molar-refractivity contribution in [3.05, 3.63) is 51.9 Å². The van der Waals surface area contributed by atoms with E-state index in [1.807, 2.05) is 19.9 Å². The van der Waals surface area contributed by atoms with Crippen LogP contribution in [0.15, 0.2) is 33.9 Å². The maximum atomic E-state index is 12.3. The van der Waals surface area contributed by atoms with Crippen LogP contribution in [-0.2, 0) is 14.8 Å². The van der Waals surface area contributed by atoms with E-state index in [0.717, 1.165) is 28.5 Å². The van der Waals surface area contributed by atoms with Crippen LogP contribution in [0, 0.1) is 13.8 Å². The number of carbonyl (C=O) groups excluding carboxylic acids is 2. The second-order valence-corrected chi connectivity index (χ2v) is 8.11. The van der Waals surface area contributed by atoms with Gasteiger partial charge >= 0.3 is 5.97 Å². The molecule has 0 aliphatic heterocycles. The number of carbonyl (C=O) groups is 2. The molecular formula is C16H17NO5S2. The van der Waals surface area contributed by atoms with Crippen molar-refractivity contribution in [2.45, 2.75) is 31.1 Å². The predicted octanol–water partition coefficient (Wildman–Crippen LogP) is 2.44. The molecule has 0 bridgehead atoms. The Kier molecular flexibility index (Phi) is 5.22. The molecule has 0 fully saturated rings. The van der Waals surface area contributed by atoms with Crippen LogP contribution in [0.25, 0.3) is 0 Å². The molecule has 0 spiro atoms. The molecule has 128 valence electrons. The molecule has 8 heteroatoms. The van der Waals surface area contributed by atoms with Gasteiger partial charge < -0.3 is 4.74 Å². The van der Waals surface area contributed by atoms with Gasteiger partial charge in [0.25, 0.3) is 0 Å². The van der Waals surface area contributed by atoms with Gasteiger partial charge in [0.2, 0.25) is 15.8 Å². The Balaban J connectivity index is 2.12. The summed E-state index contributed by atoms with van der Waals surface area (Å²) >= 11 is 0.822. The molecule has 0 saturated carbocycles. The van der Waals surface area contributed by atoms with E-state index in [2.05, 4.69) is 0 Å². The molecule has 0 aliphatic rings. The van der Waals surface area contributed by atoms with Crippen molar-refractivity contribution in [2.24, 2.45) is 5.14 Å². The standard InChI is InChI=1S/C16H17NO5S2/c1-9-4-5-12(6-10(9)2)15(18)11(3)22-16(19)13-7-14(23-8-13)24(17,20)21/h4-8,11H,1-3H3,(H2,17,20,21). The number of hydrogen-bond acceptors (Lipinski definition) is 6. The number of aryl methyl sites for hydroxylation is 2. The molecule has 2 N–H and O–H groups in total. The number of sulfonamides is 1. The number of rotatable bonds is 5. The van der Waals surface area contributed by atoms with Gasteiger partial charge in [-0.05, 0) is 44.0 Å². The second-order valence-electron chi connectivity index (χ2n) is 5.41. The van der Waals surface area contributed by atoms with Crippen LogP contribution in [0.3, 0.4) is 0 Å². The summed E-state index contributed by atoms with van der Waals surface area (Å²) in [6.45, 7) is 5.30. The van der Waals surface area contributed by atoms with Crippen molar-refractivity contribution in [2.75, 3.05) is 0 Å². The molecule has 0 amide bonds.